The fourth-order valence-corrected chi connectivity index (χ4v) is 6.42. The number of hydrazone groups is 1. The van der Waals surface area contributed by atoms with Gasteiger partial charge in [0.05, 0.1) is 29.6 Å². The van der Waals surface area contributed by atoms with Crippen molar-refractivity contribution in [2.75, 3.05) is 12.4 Å². The van der Waals surface area contributed by atoms with Crippen LogP contribution in [0.3, 0.4) is 0 Å². The summed E-state index contributed by atoms with van der Waals surface area (Å²) in [6.45, 7) is 2.47. The number of thioether (sulfide) groups is 1. The highest BCUT2D eigenvalue weighted by molar-refractivity contribution is 7.99. The molecule has 1 aliphatic carbocycles. The molecule has 0 spiro atoms. The average molecular weight is 535 g/mol. The van der Waals surface area contributed by atoms with E-state index in [0.717, 1.165) is 41.8 Å². The van der Waals surface area contributed by atoms with Crippen LogP contribution >= 0.6 is 23.1 Å². The third-order valence-corrected chi connectivity index (χ3v) is 8.09. The van der Waals surface area contributed by atoms with E-state index < -0.39 is 0 Å². The molecule has 2 aromatic heterocycles. The van der Waals surface area contributed by atoms with Crippen LogP contribution in [0, 0.1) is 0 Å². The number of aryl methyl sites for hydroxylation is 2. The van der Waals surface area contributed by atoms with Gasteiger partial charge in [-0.1, -0.05) is 23.9 Å². The lowest BCUT2D eigenvalue weighted by atomic mass is 9.97. The molecule has 37 heavy (non-hydrogen) atoms. The number of phenolic OH excluding ortho intramolecular Hbond substituents is 1. The highest BCUT2D eigenvalue weighted by Gasteiger charge is 2.23. The molecule has 1 amide bonds. The minimum atomic E-state index is -0.334. The van der Waals surface area contributed by atoms with Crippen molar-refractivity contribution in [1.29, 1.82) is 0 Å². The van der Waals surface area contributed by atoms with E-state index in [0.29, 0.717) is 28.4 Å². The van der Waals surface area contributed by atoms with Gasteiger partial charge in [0, 0.05) is 4.88 Å². The van der Waals surface area contributed by atoms with Gasteiger partial charge in [-0.25, -0.2) is 10.4 Å². The Labute approximate surface area is 222 Å². The summed E-state index contributed by atoms with van der Waals surface area (Å²) in [5.41, 5.74) is 4.83. The minimum absolute atomic E-state index is 0.0252. The van der Waals surface area contributed by atoms with E-state index in [1.165, 1.54) is 22.9 Å². The predicted octanol–water partition coefficient (Wildman–Crippen LogP) is 4.67. The largest absolute Gasteiger partial charge is 0.508 e. The van der Waals surface area contributed by atoms with Crippen molar-refractivity contribution in [1.82, 2.24) is 15.0 Å². The van der Waals surface area contributed by atoms with Crippen molar-refractivity contribution >= 4 is 45.4 Å². The van der Waals surface area contributed by atoms with E-state index in [1.54, 1.807) is 40.2 Å². The Kier molecular flexibility index (Phi) is 7.57. The molecule has 0 unspecified atom stereocenters. The van der Waals surface area contributed by atoms with Crippen molar-refractivity contribution in [3.8, 4) is 17.2 Å². The standard InChI is InChI=1S/C27H26N4O4S2/c1-2-35-20-12-10-18(11-13-20)31-26(34)24-21-8-3-4-9-22(21)37-25(24)29-27(31)36-16-23(33)30-28-15-17-6-5-7-19(32)14-17/h5-7,10-15,32H,2-4,8-9,16H2,1H3,(H,30,33). The van der Waals surface area contributed by atoms with Crippen LogP contribution in [0.25, 0.3) is 15.9 Å². The Morgan fingerprint density at radius 2 is 2.05 bits per heavy atom. The van der Waals surface area contributed by atoms with Crippen LogP contribution in [0.2, 0.25) is 0 Å². The SMILES string of the molecule is CCOc1ccc(-n2c(SCC(=O)NN=Cc3cccc(O)c3)nc3sc4c(c3c2=O)CCCC4)cc1. The molecule has 2 N–H and O–H groups in total. The Hall–Kier alpha value is -3.63. The maximum atomic E-state index is 13.8. The number of amides is 1. The predicted molar refractivity (Wildman–Crippen MR) is 148 cm³/mol. The van der Waals surface area contributed by atoms with Gasteiger partial charge in [-0.15, -0.1) is 11.3 Å². The van der Waals surface area contributed by atoms with Gasteiger partial charge in [0.15, 0.2) is 5.16 Å². The number of hydrogen-bond donors (Lipinski definition) is 2. The first-order valence-electron chi connectivity index (χ1n) is 12.1. The highest BCUT2D eigenvalue weighted by atomic mass is 32.2. The first-order chi connectivity index (χ1) is 18.0. The van der Waals surface area contributed by atoms with E-state index in [1.807, 2.05) is 31.2 Å². The quantitative estimate of drug-likeness (QED) is 0.147. The molecule has 2 heterocycles. The van der Waals surface area contributed by atoms with Gasteiger partial charge in [0.2, 0.25) is 0 Å². The van der Waals surface area contributed by atoms with Gasteiger partial charge in [0.25, 0.3) is 11.5 Å². The number of aromatic hydroxyl groups is 1. The van der Waals surface area contributed by atoms with E-state index >= 15 is 0 Å². The molecule has 10 heteroatoms. The Balaban J connectivity index is 1.43. The zero-order chi connectivity index (χ0) is 25.8. The fourth-order valence-electron chi connectivity index (χ4n) is 4.32. The number of nitrogens with zero attached hydrogens (tertiary/aromatic N) is 3. The number of aromatic nitrogens is 2. The first-order valence-corrected chi connectivity index (χ1v) is 13.9. The van der Waals surface area contributed by atoms with Crippen molar-refractivity contribution in [2.45, 2.75) is 37.8 Å². The molecule has 0 saturated carbocycles. The number of phenols is 1. The lowest BCUT2D eigenvalue weighted by Gasteiger charge is -2.14. The van der Waals surface area contributed by atoms with Crippen LogP contribution in [0.5, 0.6) is 11.5 Å². The average Bonchev–Trinajstić information content (AvgIpc) is 3.27. The van der Waals surface area contributed by atoms with Crippen LogP contribution in [-0.2, 0) is 17.6 Å². The number of rotatable bonds is 8. The second-order valence-electron chi connectivity index (χ2n) is 8.53. The lowest BCUT2D eigenvalue weighted by Crippen LogP contribution is -2.24. The highest BCUT2D eigenvalue weighted by Crippen LogP contribution is 2.35. The second-order valence-corrected chi connectivity index (χ2v) is 10.6. The van der Waals surface area contributed by atoms with Crippen molar-refractivity contribution in [2.24, 2.45) is 5.10 Å². The Bertz CT molecular complexity index is 1530. The molecular weight excluding hydrogens is 508 g/mol. The van der Waals surface area contributed by atoms with Crippen LogP contribution in [0.1, 0.15) is 35.8 Å². The molecule has 0 radical (unpaired) electrons. The van der Waals surface area contributed by atoms with Gasteiger partial charge in [-0.2, -0.15) is 5.10 Å². The molecule has 8 nitrogen and oxygen atoms in total. The number of ether oxygens (including phenoxy) is 1. The van der Waals surface area contributed by atoms with Gasteiger partial charge < -0.3 is 9.84 Å². The summed E-state index contributed by atoms with van der Waals surface area (Å²) in [5, 5.41) is 14.7. The van der Waals surface area contributed by atoms with Crippen LogP contribution in [-0.4, -0.2) is 39.1 Å². The summed E-state index contributed by atoms with van der Waals surface area (Å²) in [7, 11) is 0. The van der Waals surface area contributed by atoms with E-state index in [9.17, 15) is 14.7 Å². The molecule has 2 aromatic carbocycles. The van der Waals surface area contributed by atoms with Gasteiger partial charge >= 0.3 is 0 Å². The summed E-state index contributed by atoms with van der Waals surface area (Å²) < 4.78 is 7.15. The molecule has 0 aliphatic heterocycles. The van der Waals surface area contributed by atoms with E-state index in [-0.39, 0.29) is 23.0 Å². The molecule has 0 atom stereocenters. The van der Waals surface area contributed by atoms with Gasteiger partial charge in [0.1, 0.15) is 16.3 Å². The van der Waals surface area contributed by atoms with E-state index in [2.05, 4.69) is 10.5 Å². The third-order valence-electron chi connectivity index (χ3n) is 5.97. The maximum absolute atomic E-state index is 13.8. The smallest absolute Gasteiger partial charge is 0.267 e. The summed E-state index contributed by atoms with van der Waals surface area (Å²) in [5.74, 6) is 0.533. The van der Waals surface area contributed by atoms with Crippen LogP contribution in [0.4, 0.5) is 0 Å². The summed E-state index contributed by atoms with van der Waals surface area (Å²) in [6.07, 6.45) is 5.51. The van der Waals surface area contributed by atoms with Crippen molar-refractivity contribution in [3.63, 3.8) is 0 Å². The zero-order valence-electron chi connectivity index (χ0n) is 20.3. The Morgan fingerprint density at radius 3 is 2.84 bits per heavy atom. The monoisotopic (exact) mass is 534 g/mol. The van der Waals surface area contributed by atoms with Gasteiger partial charge in [-0.05, 0) is 80.1 Å². The number of benzene rings is 2. The third kappa shape index (κ3) is 5.55. The minimum Gasteiger partial charge on any atom is -0.508 e. The van der Waals surface area contributed by atoms with Crippen molar-refractivity contribution < 1.29 is 14.6 Å². The maximum Gasteiger partial charge on any atom is 0.267 e. The topological polar surface area (TPSA) is 106 Å². The second kappa shape index (κ2) is 11.2. The molecule has 0 saturated heterocycles. The normalized spacial score (nSPS) is 13.1. The zero-order valence-corrected chi connectivity index (χ0v) is 21.9. The lowest BCUT2D eigenvalue weighted by molar-refractivity contribution is -0.118. The molecule has 5 rings (SSSR count). The van der Waals surface area contributed by atoms with E-state index in [4.69, 9.17) is 9.72 Å². The molecular formula is C27H26N4O4S2. The first kappa shape index (κ1) is 25.0. The van der Waals surface area contributed by atoms with Gasteiger partial charge in [-0.3, -0.25) is 14.2 Å². The number of carbonyl (C=O) groups excluding carboxylic acids is 1. The molecule has 1 aliphatic rings. The number of fused-ring (bicyclic) bond motifs is 3. The fraction of sp³-hybridized carbons (Fsp3) is 0.259. The molecule has 0 fully saturated rings. The summed E-state index contributed by atoms with van der Waals surface area (Å²) in [4.78, 5) is 33.2. The number of thiophene rings is 1. The molecule has 190 valence electrons. The molecule has 0 bridgehead atoms. The number of nitrogens with one attached hydrogen (secondary N) is 1. The van der Waals surface area contributed by atoms with Crippen LogP contribution in [0.15, 0.2) is 63.6 Å². The summed E-state index contributed by atoms with van der Waals surface area (Å²) >= 11 is 2.78. The van der Waals surface area contributed by atoms with Crippen molar-refractivity contribution in [3.05, 3.63) is 74.9 Å². The Morgan fingerprint density at radius 1 is 1.24 bits per heavy atom. The number of hydrogen-bond acceptors (Lipinski definition) is 8. The number of carbonyl (C=O) groups is 1. The summed E-state index contributed by atoms with van der Waals surface area (Å²) in [6, 6.07) is 13.9. The van der Waals surface area contributed by atoms with Crippen LogP contribution < -0.4 is 15.7 Å². The molecule has 4 aromatic rings.